The van der Waals surface area contributed by atoms with E-state index in [9.17, 15) is 8.42 Å². The molecule has 0 amide bonds. The first-order valence-corrected chi connectivity index (χ1v) is 8.56. The first-order chi connectivity index (χ1) is 8.48. The second-order valence-electron chi connectivity index (χ2n) is 4.47. The summed E-state index contributed by atoms with van der Waals surface area (Å²) in [5.41, 5.74) is 5.59. The van der Waals surface area contributed by atoms with E-state index in [0.29, 0.717) is 11.5 Å². The van der Waals surface area contributed by atoms with Crippen molar-refractivity contribution in [3.63, 3.8) is 0 Å². The van der Waals surface area contributed by atoms with E-state index >= 15 is 0 Å². The van der Waals surface area contributed by atoms with E-state index in [1.165, 1.54) is 12.8 Å². The maximum Gasteiger partial charge on any atom is 0.182 e. The lowest BCUT2D eigenvalue weighted by Crippen LogP contribution is -2.26. The van der Waals surface area contributed by atoms with Crippen LogP contribution in [0.15, 0.2) is 4.90 Å². The number of aromatic nitrogens is 1. The van der Waals surface area contributed by atoms with Gasteiger partial charge in [-0.15, -0.1) is 0 Å². The lowest BCUT2D eigenvalue weighted by molar-refractivity contribution is 0.353. The van der Waals surface area contributed by atoms with Crippen molar-refractivity contribution in [2.75, 3.05) is 43.5 Å². The molecule has 3 N–H and O–H groups in total. The molecule has 0 bridgehead atoms. The summed E-state index contributed by atoms with van der Waals surface area (Å²) in [7, 11) is -3.32. The lowest BCUT2D eigenvalue weighted by atomic mass is 10.4. The summed E-state index contributed by atoms with van der Waals surface area (Å²) < 4.78 is 27.1. The molecule has 18 heavy (non-hydrogen) atoms. The van der Waals surface area contributed by atoms with Crippen molar-refractivity contribution in [3.8, 4) is 0 Å². The third-order valence-corrected chi connectivity index (χ3v) is 5.06. The van der Waals surface area contributed by atoms with E-state index in [1.54, 1.807) is 0 Å². The standard InChI is InChI=1S/C10H18N4O2S2/c1-18(15,16)8-9(11)13-17-10(8)12-4-7-14-5-2-3-6-14/h12H,2-7H2,1H3,(H2,11,13). The average Bonchev–Trinajstić information content (AvgIpc) is 2.87. The van der Waals surface area contributed by atoms with Gasteiger partial charge in [0.25, 0.3) is 0 Å². The molecule has 1 aliphatic rings. The Morgan fingerprint density at radius 3 is 2.72 bits per heavy atom. The Morgan fingerprint density at radius 1 is 1.44 bits per heavy atom. The molecule has 0 aromatic carbocycles. The van der Waals surface area contributed by atoms with E-state index < -0.39 is 9.84 Å². The summed E-state index contributed by atoms with van der Waals surface area (Å²) >= 11 is 1.10. The molecule has 1 aromatic heterocycles. The molecule has 1 fully saturated rings. The Kier molecular flexibility index (Phi) is 4.08. The van der Waals surface area contributed by atoms with Gasteiger partial charge in [-0.1, -0.05) is 0 Å². The van der Waals surface area contributed by atoms with Gasteiger partial charge in [0.1, 0.15) is 9.90 Å². The molecule has 0 spiro atoms. The maximum absolute atomic E-state index is 11.6. The molecule has 0 aliphatic carbocycles. The zero-order valence-electron chi connectivity index (χ0n) is 10.3. The molecule has 1 aromatic rings. The smallest absolute Gasteiger partial charge is 0.182 e. The van der Waals surface area contributed by atoms with Crippen LogP contribution < -0.4 is 11.1 Å². The minimum Gasteiger partial charge on any atom is -0.382 e. The van der Waals surface area contributed by atoms with Crippen LogP contribution in [0.5, 0.6) is 0 Å². The second kappa shape index (κ2) is 5.41. The molecule has 0 saturated carbocycles. The molecule has 8 heteroatoms. The summed E-state index contributed by atoms with van der Waals surface area (Å²) in [5.74, 6) is 0.0890. The van der Waals surface area contributed by atoms with Crippen molar-refractivity contribution >= 4 is 32.2 Å². The third kappa shape index (κ3) is 3.12. The van der Waals surface area contributed by atoms with Crippen LogP contribution in [0.3, 0.4) is 0 Å². The van der Waals surface area contributed by atoms with Crippen molar-refractivity contribution in [2.24, 2.45) is 0 Å². The number of nitrogens with zero attached hydrogens (tertiary/aromatic N) is 2. The maximum atomic E-state index is 11.6. The highest BCUT2D eigenvalue weighted by atomic mass is 32.2. The monoisotopic (exact) mass is 290 g/mol. The highest BCUT2D eigenvalue weighted by Gasteiger charge is 2.21. The molecular formula is C10H18N4O2S2. The van der Waals surface area contributed by atoms with E-state index in [1.807, 2.05) is 0 Å². The highest BCUT2D eigenvalue weighted by Crippen LogP contribution is 2.30. The Bertz CT molecular complexity index is 506. The number of hydrogen-bond donors (Lipinski definition) is 2. The number of likely N-dealkylation sites (tertiary alicyclic amines) is 1. The zero-order chi connectivity index (χ0) is 13.2. The Labute approximate surface area is 111 Å². The molecule has 6 nitrogen and oxygen atoms in total. The molecule has 102 valence electrons. The van der Waals surface area contributed by atoms with Gasteiger partial charge in [-0.25, -0.2) is 8.42 Å². The quantitative estimate of drug-likeness (QED) is 0.827. The molecule has 1 aliphatic heterocycles. The minimum atomic E-state index is -3.32. The van der Waals surface area contributed by atoms with Crippen LogP contribution in [0, 0.1) is 0 Å². The average molecular weight is 290 g/mol. The number of nitrogens with one attached hydrogen (secondary N) is 1. The summed E-state index contributed by atoms with van der Waals surface area (Å²) in [4.78, 5) is 2.49. The zero-order valence-corrected chi connectivity index (χ0v) is 12.0. The van der Waals surface area contributed by atoms with Gasteiger partial charge in [-0.05, 0) is 37.5 Å². The summed E-state index contributed by atoms with van der Waals surface area (Å²) in [6, 6.07) is 0. The molecular weight excluding hydrogens is 272 g/mol. The number of hydrogen-bond acceptors (Lipinski definition) is 7. The first kappa shape index (κ1) is 13.6. The number of nitrogen functional groups attached to an aromatic ring is 1. The number of sulfone groups is 1. The van der Waals surface area contributed by atoms with Crippen LogP contribution in [0.25, 0.3) is 0 Å². The van der Waals surface area contributed by atoms with Crippen LogP contribution in [-0.2, 0) is 9.84 Å². The van der Waals surface area contributed by atoms with Crippen LogP contribution >= 0.6 is 11.5 Å². The molecule has 2 rings (SSSR count). The van der Waals surface area contributed by atoms with Gasteiger partial charge in [0, 0.05) is 19.3 Å². The topological polar surface area (TPSA) is 88.3 Å². The van der Waals surface area contributed by atoms with Crippen LogP contribution in [0.4, 0.5) is 10.8 Å². The second-order valence-corrected chi connectivity index (χ2v) is 7.20. The summed E-state index contributed by atoms with van der Waals surface area (Å²) in [6.45, 7) is 3.89. The SMILES string of the molecule is CS(=O)(=O)c1c(N)nsc1NCCN1CCCC1. The van der Waals surface area contributed by atoms with Gasteiger partial charge in [-0.2, -0.15) is 4.37 Å². The molecule has 0 unspecified atom stereocenters. The van der Waals surface area contributed by atoms with E-state index in [2.05, 4.69) is 14.6 Å². The van der Waals surface area contributed by atoms with Crippen LogP contribution in [0.2, 0.25) is 0 Å². The summed E-state index contributed by atoms with van der Waals surface area (Å²) in [6.07, 6.45) is 3.66. The van der Waals surface area contributed by atoms with Gasteiger partial charge in [0.15, 0.2) is 15.7 Å². The Balaban J connectivity index is 1.97. The van der Waals surface area contributed by atoms with E-state index in [-0.39, 0.29) is 10.7 Å². The fourth-order valence-corrected chi connectivity index (χ4v) is 4.19. The Morgan fingerprint density at radius 2 is 2.11 bits per heavy atom. The predicted molar refractivity (Wildman–Crippen MR) is 73.8 cm³/mol. The predicted octanol–water partition coefficient (Wildman–Crippen LogP) is 0.636. The van der Waals surface area contributed by atoms with Crippen molar-refractivity contribution in [3.05, 3.63) is 0 Å². The number of rotatable bonds is 5. The van der Waals surface area contributed by atoms with Gasteiger partial charge in [0.05, 0.1) is 0 Å². The van der Waals surface area contributed by atoms with E-state index in [4.69, 9.17) is 5.73 Å². The highest BCUT2D eigenvalue weighted by molar-refractivity contribution is 7.91. The molecule has 0 atom stereocenters. The van der Waals surface area contributed by atoms with Crippen molar-refractivity contribution < 1.29 is 8.42 Å². The van der Waals surface area contributed by atoms with Gasteiger partial charge < -0.3 is 16.0 Å². The number of anilines is 2. The molecule has 0 radical (unpaired) electrons. The largest absolute Gasteiger partial charge is 0.382 e. The Hall–Kier alpha value is -0.860. The molecule has 2 heterocycles. The van der Waals surface area contributed by atoms with Gasteiger partial charge in [0.2, 0.25) is 0 Å². The summed E-state index contributed by atoms with van der Waals surface area (Å²) in [5, 5.41) is 3.67. The van der Waals surface area contributed by atoms with Crippen molar-refractivity contribution in [2.45, 2.75) is 17.7 Å². The van der Waals surface area contributed by atoms with E-state index in [0.717, 1.165) is 37.4 Å². The van der Waals surface area contributed by atoms with Gasteiger partial charge >= 0.3 is 0 Å². The van der Waals surface area contributed by atoms with Gasteiger partial charge in [-0.3, -0.25) is 0 Å². The van der Waals surface area contributed by atoms with Crippen molar-refractivity contribution in [1.29, 1.82) is 0 Å². The normalized spacial score (nSPS) is 17.2. The molecule has 1 saturated heterocycles. The fourth-order valence-electron chi connectivity index (χ4n) is 2.10. The third-order valence-electron chi connectivity index (χ3n) is 2.96. The number of nitrogens with two attached hydrogens (primary N) is 1. The first-order valence-electron chi connectivity index (χ1n) is 5.90. The lowest BCUT2D eigenvalue weighted by Gasteiger charge is -2.14. The fraction of sp³-hybridized carbons (Fsp3) is 0.700. The van der Waals surface area contributed by atoms with Crippen molar-refractivity contribution in [1.82, 2.24) is 9.27 Å². The van der Waals surface area contributed by atoms with Crippen LogP contribution in [0.1, 0.15) is 12.8 Å². The minimum absolute atomic E-state index is 0.0890. The van der Waals surface area contributed by atoms with Crippen LogP contribution in [-0.4, -0.2) is 50.1 Å².